The second-order valence-corrected chi connectivity index (χ2v) is 6.67. The molecule has 1 heterocycles. The van der Waals surface area contributed by atoms with Crippen LogP contribution >= 0.6 is 0 Å². The minimum Gasteiger partial charge on any atom is -0.337 e. The number of hydrogen-bond acceptors (Lipinski definition) is 3. The van der Waals surface area contributed by atoms with Gasteiger partial charge in [0.2, 0.25) is 0 Å². The van der Waals surface area contributed by atoms with Crippen molar-refractivity contribution in [1.29, 1.82) is 0 Å². The molecule has 0 spiro atoms. The van der Waals surface area contributed by atoms with Crippen LogP contribution in [0, 0.1) is 0 Å². The lowest BCUT2D eigenvalue weighted by atomic mass is 10.4. The Kier molecular flexibility index (Phi) is 4.42. The van der Waals surface area contributed by atoms with Gasteiger partial charge in [0.15, 0.2) is 9.84 Å². The first kappa shape index (κ1) is 13.9. The topological polar surface area (TPSA) is 66.5 Å². The Balaban J connectivity index is 1.83. The first-order valence-corrected chi connectivity index (χ1v) is 8.05. The van der Waals surface area contributed by atoms with Crippen LogP contribution < -0.4 is 5.32 Å². The SMILES string of the molecule is O=C(NCCS(=O)(=O)c1ccccc1)N1CCCC1. The molecule has 0 atom stereocenters. The van der Waals surface area contributed by atoms with Gasteiger partial charge >= 0.3 is 6.03 Å². The highest BCUT2D eigenvalue weighted by molar-refractivity contribution is 7.91. The molecule has 0 unspecified atom stereocenters. The van der Waals surface area contributed by atoms with Crippen molar-refractivity contribution in [3.05, 3.63) is 30.3 Å². The maximum Gasteiger partial charge on any atom is 0.317 e. The Bertz CT molecular complexity index is 522. The third kappa shape index (κ3) is 3.70. The molecule has 19 heavy (non-hydrogen) atoms. The van der Waals surface area contributed by atoms with E-state index in [0.29, 0.717) is 4.90 Å². The number of nitrogens with zero attached hydrogens (tertiary/aromatic N) is 1. The van der Waals surface area contributed by atoms with Gasteiger partial charge in [0.25, 0.3) is 0 Å². The van der Waals surface area contributed by atoms with E-state index in [1.165, 1.54) is 0 Å². The average Bonchev–Trinajstić information content (AvgIpc) is 2.93. The summed E-state index contributed by atoms with van der Waals surface area (Å²) in [5.74, 6) is -0.0728. The molecule has 6 heteroatoms. The standard InChI is InChI=1S/C13H18N2O3S/c16-13(15-9-4-5-10-15)14-8-11-19(17,18)12-6-2-1-3-7-12/h1-3,6-7H,4-5,8-11H2,(H,14,16). The van der Waals surface area contributed by atoms with Crippen molar-refractivity contribution < 1.29 is 13.2 Å². The molecule has 0 aliphatic carbocycles. The Morgan fingerprint density at radius 2 is 1.79 bits per heavy atom. The summed E-state index contributed by atoms with van der Waals surface area (Å²) in [6, 6.07) is 8.12. The summed E-state index contributed by atoms with van der Waals surface area (Å²) in [6.45, 7) is 1.67. The van der Waals surface area contributed by atoms with Crippen molar-refractivity contribution in [1.82, 2.24) is 10.2 Å². The smallest absolute Gasteiger partial charge is 0.317 e. The van der Waals surface area contributed by atoms with Crippen LogP contribution in [0.25, 0.3) is 0 Å². The molecule has 1 saturated heterocycles. The van der Waals surface area contributed by atoms with Crippen molar-refractivity contribution in [2.75, 3.05) is 25.4 Å². The van der Waals surface area contributed by atoms with Crippen LogP contribution in [0.2, 0.25) is 0 Å². The maximum atomic E-state index is 12.0. The predicted molar refractivity (Wildman–Crippen MR) is 72.7 cm³/mol. The number of urea groups is 1. The molecule has 1 aromatic rings. The lowest BCUT2D eigenvalue weighted by molar-refractivity contribution is 0.209. The number of likely N-dealkylation sites (tertiary alicyclic amines) is 1. The Morgan fingerprint density at radius 3 is 2.42 bits per heavy atom. The van der Waals surface area contributed by atoms with Crippen LogP contribution in [0.5, 0.6) is 0 Å². The maximum absolute atomic E-state index is 12.0. The van der Waals surface area contributed by atoms with Crippen LogP contribution in [0.3, 0.4) is 0 Å². The van der Waals surface area contributed by atoms with Gasteiger partial charge in [-0.05, 0) is 25.0 Å². The quantitative estimate of drug-likeness (QED) is 0.904. The van der Waals surface area contributed by atoms with E-state index in [9.17, 15) is 13.2 Å². The van der Waals surface area contributed by atoms with Crippen molar-refractivity contribution in [2.45, 2.75) is 17.7 Å². The number of benzene rings is 1. The zero-order chi connectivity index (χ0) is 13.7. The molecule has 1 aliphatic heterocycles. The molecule has 0 aromatic heterocycles. The lowest BCUT2D eigenvalue weighted by Crippen LogP contribution is -2.39. The first-order chi connectivity index (χ1) is 9.09. The summed E-state index contributed by atoms with van der Waals surface area (Å²) in [5, 5.41) is 2.66. The van der Waals surface area contributed by atoms with E-state index in [2.05, 4.69) is 5.32 Å². The number of sulfone groups is 1. The summed E-state index contributed by atoms with van der Waals surface area (Å²) < 4.78 is 23.9. The molecule has 2 amide bonds. The zero-order valence-corrected chi connectivity index (χ0v) is 11.5. The molecule has 0 bridgehead atoms. The molecular formula is C13H18N2O3S. The highest BCUT2D eigenvalue weighted by Gasteiger charge is 2.19. The largest absolute Gasteiger partial charge is 0.337 e. The highest BCUT2D eigenvalue weighted by Crippen LogP contribution is 2.10. The van der Waals surface area contributed by atoms with E-state index < -0.39 is 9.84 Å². The summed E-state index contributed by atoms with van der Waals surface area (Å²) in [5.41, 5.74) is 0. The van der Waals surface area contributed by atoms with Crippen LogP contribution in [0.15, 0.2) is 35.2 Å². The zero-order valence-electron chi connectivity index (χ0n) is 10.7. The molecule has 104 valence electrons. The monoisotopic (exact) mass is 282 g/mol. The molecule has 2 rings (SSSR count). The molecule has 1 fully saturated rings. The van der Waals surface area contributed by atoms with Gasteiger partial charge in [0.05, 0.1) is 10.6 Å². The fourth-order valence-electron chi connectivity index (χ4n) is 2.07. The molecule has 1 aromatic carbocycles. The number of rotatable bonds is 4. The Hall–Kier alpha value is -1.56. The summed E-state index contributed by atoms with van der Waals surface area (Å²) in [7, 11) is -3.31. The van der Waals surface area contributed by atoms with Crippen molar-refractivity contribution in [3.63, 3.8) is 0 Å². The predicted octanol–water partition coefficient (Wildman–Crippen LogP) is 1.27. The lowest BCUT2D eigenvalue weighted by Gasteiger charge is -2.16. The van der Waals surface area contributed by atoms with Crippen LogP contribution in [0.4, 0.5) is 4.79 Å². The van der Waals surface area contributed by atoms with Crippen molar-refractivity contribution >= 4 is 15.9 Å². The Labute approximate surface area is 113 Å². The van der Waals surface area contributed by atoms with Gasteiger partial charge in [-0.15, -0.1) is 0 Å². The van der Waals surface area contributed by atoms with Gasteiger partial charge in [-0.1, -0.05) is 18.2 Å². The number of carbonyl (C=O) groups is 1. The van der Waals surface area contributed by atoms with E-state index in [0.717, 1.165) is 25.9 Å². The molecular weight excluding hydrogens is 264 g/mol. The molecule has 5 nitrogen and oxygen atoms in total. The van der Waals surface area contributed by atoms with Gasteiger partial charge in [-0.2, -0.15) is 0 Å². The molecule has 0 saturated carbocycles. The fourth-order valence-corrected chi connectivity index (χ4v) is 3.25. The van der Waals surface area contributed by atoms with E-state index >= 15 is 0 Å². The second kappa shape index (κ2) is 6.06. The van der Waals surface area contributed by atoms with E-state index in [1.807, 2.05) is 0 Å². The van der Waals surface area contributed by atoms with Gasteiger partial charge < -0.3 is 10.2 Å². The fraction of sp³-hybridized carbons (Fsp3) is 0.462. The summed E-state index contributed by atoms with van der Waals surface area (Å²) >= 11 is 0. The van der Waals surface area contributed by atoms with E-state index in [-0.39, 0.29) is 18.3 Å². The van der Waals surface area contributed by atoms with Gasteiger partial charge in [0, 0.05) is 19.6 Å². The van der Waals surface area contributed by atoms with Crippen molar-refractivity contribution in [3.8, 4) is 0 Å². The molecule has 1 N–H and O–H groups in total. The third-order valence-corrected chi connectivity index (χ3v) is 4.87. The third-order valence-electron chi connectivity index (χ3n) is 3.14. The number of hydrogen-bond donors (Lipinski definition) is 1. The van der Waals surface area contributed by atoms with E-state index in [4.69, 9.17) is 0 Å². The van der Waals surface area contributed by atoms with Crippen molar-refractivity contribution in [2.24, 2.45) is 0 Å². The molecule has 0 radical (unpaired) electrons. The summed E-state index contributed by atoms with van der Waals surface area (Å²) in [6.07, 6.45) is 2.05. The number of nitrogens with one attached hydrogen (secondary N) is 1. The minimum atomic E-state index is -3.31. The average molecular weight is 282 g/mol. The summed E-state index contributed by atoms with van der Waals surface area (Å²) in [4.78, 5) is 13.7. The van der Waals surface area contributed by atoms with Crippen LogP contribution in [-0.2, 0) is 9.84 Å². The van der Waals surface area contributed by atoms with Crippen LogP contribution in [0.1, 0.15) is 12.8 Å². The van der Waals surface area contributed by atoms with Crippen LogP contribution in [-0.4, -0.2) is 44.7 Å². The van der Waals surface area contributed by atoms with Gasteiger partial charge in [-0.3, -0.25) is 0 Å². The van der Waals surface area contributed by atoms with E-state index in [1.54, 1.807) is 35.2 Å². The minimum absolute atomic E-state index is 0.0728. The normalized spacial score (nSPS) is 15.5. The Morgan fingerprint density at radius 1 is 1.16 bits per heavy atom. The number of amides is 2. The highest BCUT2D eigenvalue weighted by atomic mass is 32.2. The number of carbonyl (C=O) groups excluding carboxylic acids is 1. The second-order valence-electron chi connectivity index (χ2n) is 4.56. The molecule has 1 aliphatic rings. The van der Waals surface area contributed by atoms with Gasteiger partial charge in [-0.25, -0.2) is 13.2 Å². The van der Waals surface area contributed by atoms with Gasteiger partial charge in [0.1, 0.15) is 0 Å². The first-order valence-electron chi connectivity index (χ1n) is 6.40.